The zero-order valence-corrected chi connectivity index (χ0v) is 24.3. The predicted molar refractivity (Wildman–Crippen MR) is 158 cm³/mol. The molecule has 2 aromatic carbocycles. The number of hydrogen-bond donors (Lipinski definition) is 0. The fourth-order valence-electron chi connectivity index (χ4n) is 5.47. The molecular formula is C33H30O10. The van der Waals surface area contributed by atoms with E-state index >= 15 is 0 Å². The van der Waals surface area contributed by atoms with E-state index in [1.165, 1.54) is 12.3 Å². The summed E-state index contributed by atoms with van der Waals surface area (Å²) in [6.07, 6.45) is 8.14. The predicted octanol–water partition coefficient (Wildman–Crippen LogP) is 6.97. The standard InChI is InChI=1S/C33H30O10/c1-18(2)9-13-37-28-19-8-12-33(41-24(19)16-23-20(28)10-14-36-23)42-25(32(3,4)43-33)17-39-31-29-22(11-15-38-29)27(35-5)21-6-7-26(34)40-30(21)31/h6-12,14-16,25H,13,17H2,1-5H3. The smallest absolute Gasteiger partial charge is 0.350 e. The van der Waals surface area contributed by atoms with Crippen molar-refractivity contribution < 1.29 is 41.7 Å². The second-order valence-corrected chi connectivity index (χ2v) is 11.2. The summed E-state index contributed by atoms with van der Waals surface area (Å²) in [7, 11) is 1.55. The van der Waals surface area contributed by atoms with Crippen LogP contribution in [0.15, 0.2) is 78.6 Å². The van der Waals surface area contributed by atoms with Crippen LogP contribution in [-0.4, -0.2) is 38.0 Å². The molecule has 43 heavy (non-hydrogen) atoms. The van der Waals surface area contributed by atoms with E-state index in [2.05, 4.69) is 0 Å². The molecule has 0 saturated carbocycles. The Morgan fingerprint density at radius 3 is 2.56 bits per heavy atom. The van der Waals surface area contributed by atoms with Crippen LogP contribution in [0.1, 0.15) is 33.3 Å². The average Bonchev–Trinajstić information content (AvgIpc) is 3.68. The Hall–Kier alpha value is -4.67. The van der Waals surface area contributed by atoms with Crippen LogP contribution in [0, 0.1) is 0 Å². The van der Waals surface area contributed by atoms with Crippen molar-refractivity contribution in [1.29, 1.82) is 0 Å². The van der Waals surface area contributed by atoms with Crippen LogP contribution in [0.4, 0.5) is 0 Å². The van der Waals surface area contributed by atoms with Crippen molar-refractivity contribution in [3.05, 3.63) is 76.6 Å². The molecule has 0 aliphatic carbocycles. The number of allylic oxidation sites excluding steroid dienone is 1. The summed E-state index contributed by atoms with van der Waals surface area (Å²) in [6.45, 7) is 8.25. The SMILES string of the molecule is COc1c2ccoc2c(OCC2OC3(C=Cc4c(cc5occc5c4OCC=C(C)C)O3)OC2(C)C)c2oc(=O)ccc12. The maximum atomic E-state index is 12.2. The summed E-state index contributed by atoms with van der Waals surface area (Å²) < 4.78 is 54.2. The van der Waals surface area contributed by atoms with Crippen LogP contribution in [-0.2, 0) is 9.47 Å². The number of hydrogen-bond acceptors (Lipinski definition) is 10. The first-order valence-corrected chi connectivity index (χ1v) is 13.9. The first-order valence-electron chi connectivity index (χ1n) is 13.9. The lowest BCUT2D eigenvalue weighted by molar-refractivity contribution is -0.271. The molecule has 2 unspecified atom stereocenters. The van der Waals surface area contributed by atoms with Gasteiger partial charge < -0.3 is 41.7 Å². The zero-order valence-electron chi connectivity index (χ0n) is 24.3. The van der Waals surface area contributed by atoms with Crippen molar-refractivity contribution in [2.24, 2.45) is 0 Å². The van der Waals surface area contributed by atoms with E-state index in [4.69, 9.17) is 41.7 Å². The van der Waals surface area contributed by atoms with E-state index in [9.17, 15) is 4.79 Å². The van der Waals surface area contributed by atoms with Gasteiger partial charge in [-0.1, -0.05) is 5.57 Å². The van der Waals surface area contributed by atoms with Gasteiger partial charge in [0.1, 0.15) is 42.1 Å². The molecule has 10 nitrogen and oxygen atoms in total. The van der Waals surface area contributed by atoms with Gasteiger partial charge >= 0.3 is 11.6 Å². The van der Waals surface area contributed by atoms with Crippen LogP contribution < -0.4 is 24.6 Å². The van der Waals surface area contributed by atoms with Gasteiger partial charge in [-0.3, -0.25) is 0 Å². The monoisotopic (exact) mass is 586 g/mol. The minimum Gasteiger partial charge on any atom is -0.495 e. The highest BCUT2D eigenvalue weighted by atomic mass is 16.9. The number of fused-ring (bicyclic) bond motifs is 4. The lowest BCUT2D eigenvalue weighted by Crippen LogP contribution is -2.39. The van der Waals surface area contributed by atoms with Gasteiger partial charge in [0.2, 0.25) is 5.75 Å². The van der Waals surface area contributed by atoms with Gasteiger partial charge in [-0.2, -0.15) is 0 Å². The molecule has 10 heteroatoms. The fraction of sp³-hybridized carbons (Fsp3) is 0.303. The van der Waals surface area contributed by atoms with E-state index in [0.717, 1.165) is 16.5 Å². The Bertz CT molecular complexity index is 1980. The van der Waals surface area contributed by atoms with Crippen LogP contribution >= 0.6 is 0 Å². The third kappa shape index (κ3) is 4.54. The van der Waals surface area contributed by atoms with Crippen molar-refractivity contribution in [3.8, 4) is 23.0 Å². The van der Waals surface area contributed by atoms with Gasteiger partial charge in [-0.15, -0.1) is 0 Å². The molecule has 3 aromatic heterocycles. The van der Waals surface area contributed by atoms with Crippen LogP contribution in [0.2, 0.25) is 0 Å². The Labute approximate surface area is 245 Å². The number of ether oxygens (including phenoxy) is 6. The number of furan rings is 2. The summed E-state index contributed by atoms with van der Waals surface area (Å²) in [5.74, 6) is 0.407. The largest absolute Gasteiger partial charge is 0.495 e. The summed E-state index contributed by atoms with van der Waals surface area (Å²) in [5.41, 5.74) is 1.75. The maximum Gasteiger partial charge on any atom is 0.350 e. The molecule has 2 atom stereocenters. The van der Waals surface area contributed by atoms with Crippen molar-refractivity contribution in [3.63, 3.8) is 0 Å². The van der Waals surface area contributed by atoms with Gasteiger partial charge in [-0.05, 0) is 58.0 Å². The average molecular weight is 587 g/mol. The number of methoxy groups -OCH3 is 1. The molecule has 0 amide bonds. The lowest BCUT2D eigenvalue weighted by Gasteiger charge is -2.30. The quantitative estimate of drug-likeness (QED) is 0.146. The van der Waals surface area contributed by atoms with E-state index < -0.39 is 23.3 Å². The molecule has 5 aromatic rings. The lowest BCUT2D eigenvalue weighted by atomic mass is 10.0. The van der Waals surface area contributed by atoms with Crippen LogP contribution in [0.3, 0.4) is 0 Å². The molecule has 0 radical (unpaired) electrons. The molecule has 222 valence electrons. The molecule has 1 spiro atoms. The maximum absolute atomic E-state index is 12.2. The molecule has 7 rings (SSSR count). The summed E-state index contributed by atoms with van der Waals surface area (Å²) in [5, 5.41) is 2.10. The van der Waals surface area contributed by atoms with Crippen molar-refractivity contribution in [1.82, 2.24) is 0 Å². The number of benzene rings is 2. The van der Waals surface area contributed by atoms with Crippen molar-refractivity contribution in [2.45, 2.75) is 45.4 Å². The molecule has 1 fully saturated rings. The van der Waals surface area contributed by atoms with Crippen molar-refractivity contribution in [2.75, 3.05) is 20.3 Å². The first kappa shape index (κ1) is 27.2. The topological polar surface area (TPSA) is 112 Å². The fourth-order valence-corrected chi connectivity index (χ4v) is 5.47. The molecule has 2 aliphatic rings. The van der Waals surface area contributed by atoms with E-state index in [-0.39, 0.29) is 17.9 Å². The van der Waals surface area contributed by atoms with Gasteiger partial charge in [0.25, 0.3) is 0 Å². The normalized spacial score (nSPS) is 20.4. The Balaban J connectivity index is 1.19. The van der Waals surface area contributed by atoms with E-state index in [1.54, 1.807) is 37.6 Å². The minimum absolute atomic E-state index is 0.0307. The minimum atomic E-state index is -1.52. The third-order valence-electron chi connectivity index (χ3n) is 7.61. The zero-order chi connectivity index (χ0) is 29.9. The third-order valence-corrected chi connectivity index (χ3v) is 7.61. The van der Waals surface area contributed by atoms with Gasteiger partial charge in [0.05, 0.1) is 47.0 Å². The van der Waals surface area contributed by atoms with Gasteiger partial charge in [0.15, 0.2) is 11.2 Å². The molecule has 1 saturated heterocycles. The summed E-state index contributed by atoms with van der Waals surface area (Å²) in [6, 6.07) is 8.41. The number of rotatable bonds is 7. The highest BCUT2D eigenvalue weighted by Gasteiger charge is 2.55. The Morgan fingerprint density at radius 2 is 1.74 bits per heavy atom. The van der Waals surface area contributed by atoms with E-state index in [0.29, 0.717) is 45.8 Å². The van der Waals surface area contributed by atoms with Crippen LogP contribution in [0.5, 0.6) is 23.0 Å². The van der Waals surface area contributed by atoms with Crippen LogP contribution in [0.25, 0.3) is 39.0 Å². The summed E-state index contributed by atoms with van der Waals surface area (Å²) in [4.78, 5) is 12.2. The molecular weight excluding hydrogens is 556 g/mol. The highest BCUT2D eigenvalue weighted by Crippen LogP contribution is 2.48. The molecule has 0 N–H and O–H groups in total. The Kier molecular flexibility index (Phi) is 6.30. The van der Waals surface area contributed by atoms with Gasteiger partial charge in [0, 0.05) is 18.2 Å². The molecule has 5 heterocycles. The van der Waals surface area contributed by atoms with Crippen molar-refractivity contribution >= 4 is 39.0 Å². The molecule has 0 bridgehead atoms. The summed E-state index contributed by atoms with van der Waals surface area (Å²) >= 11 is 0. The first-order chi connectivity index (χ1) is 20.7. The highest BCUT2D eigenvalue weighted by molar-refractivity contribution is 6.06. The van der Waals surface area contributed by atoms with E-state index in [1.807, 2.05) is 45.9 Å². The Morgan fingerprint density at radius 1 is 0.953 bits per heavy atom. The second kappa shape index (κ2) is 9.96. The second-order valence-electron chi connectivity index (χ2n) is 11.2. The van der Waals surface area contributed by atoms with Gasteiger partial charge in [-0.25, -0.2) is 4.79 Å². The molecule has 2 aliphatic heterocycles.